The summed E-state index contributed by atoms with van der Waals surface area (Å²) < 4.78 is 5.00. The largest absolute Gasteiger partial charge is 0.383 e. The van der Waals surface area contributed by atoms with E-state index in [4.69, 9.17) is 4.74 Å². The molecule has 0 amide bonds. The Morgan fingerprint density at radius 2 is 2.00 bits per heavy atom. The number of anilines is 1. The molecule has 0 atom stereocenters. The number of aryl methyl sites for hydroxylation is 1. The van der Waals surface area contributed by atoms with Crippen molar-refractivity contribution in [1.29, 1.82) is 0 Å². The van der Waals surface area contributed by atoms with Gasteiger partial charge in [0.25, 0.3) is 0 Å². The summed E-state index contributed by atoms with van der Waals surface area (Å²) in [5.74, 6) is 0. The van der Waals surface area contributed by atoms with Gasteiger partial charge in [-0.05, 0) is 25.5 Å². The number of rotatable bonds is 8. The van der Waals surface area contributed by atoms with Gasteiger partial charge in [-0.1, -0.05) is 18.2 Å². The molecule has 1 aromatic rings. The SMILES string of the molecule is CCN(CCNCCOC)c1ccccc1C. The van der Waals surface area contributed by atoms with Crippen molar-refractivity contribution < 1.29 is 4.74 Å². The van der Waals surface area contributed by atoms with Gasteiger partial charge in [0.2, 0.25) is 0 Å². The van der Waals surface area contributed by atoms with Crippen LogP contribution in [0.2, 0.25) is 0 Å². The summed E-state index contributed by atoms with van der Waals surface area (Å²) in [6.07, 6.45) is 0. The first kappa shape index (κ1) is 14.0. The van der Waals surface area contributed by atoms with Crippen molar-refractivity contribution in [2.45, 2.75) is 13.8 Å². The Bertz CT molecular complexity index is 315. The van der Waals surface area contributed by atoms with Gasteiger partial charge in [-0.2, -0.15) is 0 Å². The minimum absolute atomic E-state index is 0.774. The lowest BCUT2D eigenvalue weighted by Gasteiger charge is -2.25. The normalized spacial score (nSPS) is 10.5. The molecule has 3 heteroatoms. The lowest BCUT2D eigenvalue weighted by Crippen LogP contribution is -2.33. The molecule has 0 fully saturated rings. The third-order valence-corrected chi connectivity index (χ3v) is 2.88. The van der Waals surface area contributed by atoms with Gasteiger partial charge in [-0.3, -0.25) is 0 Å². The lowest BCUT2D eigenvalue weighted by atomic mass is 10.2. The van der Waals surface area contributed by atoms with Gasteiger partial charge in [0, 0.05) is 39.0 Å². The maximum atomic E-state index is 5.00. The first-order valence-corrected chi connectivity index (χ1v) is 6.29. The van der Waals surface area contributed by atoms with Crippen LogP contribution in [0, 0.1) is 6.92 Å². The summed E-state index contributed by atoms with van der Waals surface area (Å²) in [6, 6.07) is 8.54. The van der Waals surface area contributed by atoms with E-state index in [9.17, 15) is 0 Å². The number of likely N-dealkylation sites (N-methyl/N-ethyl adjacent to an activating group) is 1. The molecule has 17 heavy (non-hydrogen) atoms. The lowest BCUT2D eigenvalue weighted by molar-refractivity contribution is 0.200. The van der Waals surface area contributed by atoms with Crippen LogP contribution in [0.5, 0.6) is 0 Å². The Kier molecular flexibility index (Phi) is 6.67. The number of nitrogens with one attached hydrogen (secondary N) is 1. The van der Waals surface area contributed by atoms with Crippen LogP contribution in [0.1, 0.15) is 12.5 Å². The van der Waals surface area contributed by atoms with Crippen molar-refractivity contribution >= 4 is 5.69 Å². The molecule has 1 rings (SSSR count). The van der Waals surface area contributed by atoms with Crippen molar-refractivity contribution in [3.8, 4) is 0 Å². The molecule has 0 bridgehead atoms. The number of ether oxygens (including phenoxy) is 1. The number of para-hydroxylation sites is 1. The van der Waals surface area contributed by atoms with Gasteiger partial charge in [0.1, 0.15) is 0 Å². The number of nitrogens with zero attached hydrogens (tertiary/aromatic N) is 1. The fourth-order valence-corrected chi connectivity index (χ4v) is 1.88. The van der Waals surface area contributed by atoms with E-state index in [-0.39, 0.29) is 0 Å². The second kappa shape index (κ2) is 8.09. The number of hydrogen-bond donors (Lipinski definition) is 1. The molecular formula is C14H24N2O. The van der Waals surface area contributed by atoms with Crippen LogP contribution in [-0.2, 0) is 4.74 Å². The van der Waals surface area contributed by atoms with Crippen molar-refractivity contribution in [2.75, 3.05) is 44.8 Å². The van der Waals surface area contributed by atoms with E-state index in [1.54, 1.807) is 7.11 Å². The quantitative estimate of drug-likeness (QED) is 0.699. The fourth-order valence-electron chi connectivity index (χ4n) is 1.88. The molecule has 0 heterocycles. The maximum absolute atomic E-state index is 5.00. The van der Waals surface area contributed by atoms with E-state index < -0.39 is 0 Å². The molecule has 0 saturated heterocycles. The van der Waals surface area contributed by atoms with E-state index in [1.807, 2.05) is 0 Å². The van der Waals surface area contributed by atoms with Crippen LogP contribution in [-0.4, -0.2) is 39.9 Å². The zero-order valence-corrected chi connectivity index (χ0v) is 11.2. The van der Waals surface area contributed by atoms with E-state index in [0.29, 0.717) is 0 Å². The monoisotopic (exact) mass is 236 g/mol. The summed E-state index contributed by atoms with van der Waals surface area (Å²) in [5, 5.41) is 3.37. The molecule has 0 saturated carbocycles. The van der Waals surface area contributed by atoms with E-state index in [0.717, 1.165) is 32.8 Å². The van der Waals surface area contributed by atoms with Gasteiger partial charge in [-0.15, -0.1) is 0 Å². The molecule has 3 nitrogen and oxygen atoms in total. The van der Waals surface area contributed by atoms with E-state index in [1.165, 1.54) is 11.3 Å². The van der Waals surface area contributed by atoms with Crippen LogP contribution >= 0.6 is 0 Å². The minimum Gasteiger partial charge on any atom is -0.383 e. The van der Waals surface area contributed by atoms with Gasteiger partial charge in [0.05, 0.1) is 6.61 Å². The maximum Gasteiger partial charge on any atom is 0.0587 e. The smallest absolute Gasteiger partial charge is 0.0587 e. The first-order valence-electron chi connectivity index (χ1n) is 6.29. The Morgan fingerprint density at radius 1 is 1.24 bits per heavy atom. The highest BCUT2D eigenvalue weighted by molar-refractivity contribution is 5.52. The molecule has 0 radical (unpaired) electrons. The molecule has 1 aromatic carbocycles. The van der Waals surface area contributed by atoms with Crippen LogP contribution < -0.4 is 10.2 Å². The number of methoxy groups -OCH3 is 1. The molecule has 0 aliphatic carbocycles. The summed E-state index contributed by atoms with van der Waals surface area (Å²) >= 11 is 0. The standard InChI is InChI=1S/C14H24N2O/c1-4-16(11-9-15-10-12-17-3)14-8-6-5-7-13(14)2/h5-8,15H,4,9-12H2,1-3H3. The Balaban J connectivity index is 2.41. The summed E-state index contributed by atoms with van der Waals surface area (Å²) in [7, 11) is 1.73. The highest BCUT2D eigenvalue weighted by Gasteiger charge is 2.05. The van der Waals surface area contributed by atoms with Gasteiger partial charge in [-0.25, -0.2) is 0 Å². The predicted octanol–water partition coefficient (Wildman–Crippen LogP) is 2.06. The molecule has 1 N–H and O–H groups in total. The molecular weight excluding hydrogens is 212 g/mol. The average Bonchev–Trinajstić information content (AvgIpc) is 2.35. The average molecular weight is 236 g/mol. The van der Waals surface area contributed by atoms with Crippen LogP contribution in [0.3, 0.4) is 0 Å². The molecule has 0 aromatic heterocycles. The fraction of sp³-hybridized carbons (Fsp3) is 0.571. The van der Waals surface area contributed by atoms with Crippen molar-refractivity contribution in [3.05, 3.63) is 29.8 Å². The minimum atomic E-state index is 0.774. The Morgan fingerprint density at radius 3 is 2.65 bits per heavy atom. The van der Waals surface area contributed by atoms with E-state index in [2.05, 4.69) is 48.3 Å². The van der Waals surface area contributed by atoms with Crippen LogP contribution in [0.4, 0.5) is 5.69 Å². The van der Waals surface area contributed by atoms with Crippen molar-refractivity contribution in [1.82, 2.24) is 5.32 Å². The number of hydrogen-bond acceptors (Lipinski definition) is 3. The molecule has 0 aliphatic rings. The topological polar surface area (TPSA) is 24.5 Å². The highest BCUT2D eigenvalue weighted by Crippen LogP contribution is 2.18. The Labute approximate surface area is 105 Å². The Hall–Kier alpha value is -1.06. The van der Waals surface area contributed by atoms with Gasteiger partial charge < -0.3 is 15.0 Å². The molecule has 0 spiro atoms. The highest BCUT2D eigenvalue weighted by atomic mass is 16.5. The summed E-state index contributed by atoms with van der Waals surface area (Å²) in [6.45, 7) is 9.11. The van der Waals surface area contributed by atoms with Crippen LogP contribution in [0.15, 0.2) is 24.3 Å². The first-order chi connectivity index (χ1) is 8.29. The van der Waals surface area contributed by atoms with Gasteiger partial charge in [0.15, 0.2) is 0 Å². The third-order valence-electron chi connectivity index (χ3n) is 2.88. The molecule has 0 aliphatic heterocycles. The zero-order chi connectivity index (χ0) is 12.5. The molecule has 0 unspecified atom stereocenters. The van der Waals surface area contributed by atoms with Crippen molar-refractivity contribution in [2.24, 2.45) is 0 Å². The zero-order valence-electron chi connectivity index (χ0n) is 11.2. The van der Waals surface area contributed by atoms with E-state index >= 15 is 0 Å². The van der Waals surface area contributed by atoms with Crippen molar-refractivity contribution in [3.63, 3.8) is 0 Å². The third kappa shape index (κ3) is 4.75. The van der Waals surface area contributed by atoms with Gasteiger partial charge >= 0.3 is 0 Å². The molecule has 96 valence electrons. The second-order valence-electron chi connectivity index (χ2n) is 4.11. The summed E-state index contributed by atoms with van der Waals surface area (Å²) in [5.41, 5.74) is 2.68. The van der Waals surface area contributed by atoms with Crippen LogP contribution in [0.25, 0.3) is 0 Å². The second-order valence-corrected chi connectivity index (χ2v) is 4.11. The predicted molar refractivity (Wildman–Crippen MR) is 73.8 cm³/mol. The summed E-state index contributed by atoms with van der Waals surface area (Å²) in [4.78, 5) is 2.40. The number of benzene rings is 1.